The molecule has 1 aromatic rings. The summed E-state index contributed by atoms with van der Waals surface area (Å²) in [5.41, 5.74) is -5.17. The van der Waals surface area contributed by atoms with Crippen molar-refractivity contribution in [2.45, 2.75) is 47.8 Å². The highest BCUT2D eigenvalue weighted by Crippen LogP contribution is 2.52. The van der Waals surface area contributed by atoms with Crippen LogP contribution in [0.2, 0.25) is 0 Å². The van der Waals surface area contributed by atoms with E-state index in [1.165, 1.54) is 6.07 Å². The van der Waals surface area contributed by atoms with E-state index >= 15 is 0 Å². The lowest BCUT2D eigenvalue weighted by molar-refractivity contribution is -0.0978. The van der Waals surface area contributed by atoms with Gasteiger partial charge in [0.25, 0.3) is 5.92 Å². The van der Waals surface area contributed by atoms with Crippen LogP contribution in [0.1, 0.15) is 30.1 Å². The summed E-state index contributed by atoms with van der Waals surface area (Å²) in [7, 11) is 0. The Labute approximate surface area is 138 Å². The molecule has 1 atom stereocenters. The first-order valence-electron chi connectivity index (χ1n) is 7.14. The predicted octanol–water partition coefficient (Wildman–Crippen LogP) is 4.20. The van der Waals surface area contributed by atoms with Crippen molar-refractivity contribution in [3.63, 3.8) is 0 Å². The molecule has 1 N–H and O–H groups in total. The molecule has 1 aromatic carbocycles. The molecule has 1 unspecified atom stereocenters. The summed E-state index contributed by atoms with van der Waals surface area (Å²) >= 11 is -0.530. The molecular formula is C15H12F5NO2S. The summed E-state index contributed by atoms with van der Waals surface area (Å²) in [5.74, 6) is -3.65. The summed E-state index contributed by atoms with van der Waals surface area (Å²) in [6.07, 6.45) is -2.60. The SMILES string of the molecule is N#CC1CC(Oc2ccc(SC(F)(F)F)c3c2CC(F)(F)C3O)C1. The third kappa shape index (κ3) is 3.17. The van der Waals surface area contributed by atoms with E-state index in [9.17, 15) is 27.1 Å². The van der Waals surface area contributed by atoms with Crippen molar-refractivity contribution in [2.24, 2.45) is 5.92 Å². The quantitative estimate of drug-likeness (QED) is 0.644. The molecule has 2 aliphatic rings. The molecule has 0 aromatic heterocycles. The van der Waals surface area contributed by atoms with Crippen molar-refractivity contribution >= 4 is 11.8 Å². The van der Waals surface area contributed by atoms with Crippen molar-refractivity contribution in [3.05, 3.63) is 23.3 Å². The molecule has 0 heterocycles. The van der Waals surface area contributed by atoms with Crippen LogP contribution < -0.4 is 4.74 Å². The molecule has 0 saturated heterocycles. The van der Waals surface area contributed by atoms with Crippen LogP contribution in [0.4, 0.5) is 22.0 Å². The fourth-order valence-electron chi connectivity index (χ4n) is 2.92. The second kappa shape index (κ2) is 5.77. The average Bonchev–Trinajstić information content (AvgIpc) is 2.65. The van der Waals surface area contributed by atoms with Crippen LogP contribution in [0.25, 0.3) is 0 Å². The lowest BCUT2D eigenvalue weighted by Crippen LogP contribution is -2.33. The molecule has 1 fully saturated rings. The van der Waals surface area contributed by atoms with Gasteiger partial charge in [-0.25, -0.2) is 8.78 Å². The van der Waals surface area contributed by atoms with Crippen molar-refractivity contribution in [2.75, 3.05) is 0 Å². The minimum atomic E-state index is -4.65. The second-order valence-corrected chi connectivity index (χ2v) is 6.99. The molecular weight excluding hydrogens is 353 g/mol. The van der Waals surface area contributed by atoms with Gasteiger partial charge in [-0.2, -0.15) is 18.4 Å². The van der Waals surface area contributed by atoms with E-state index in [1.807, 2.05) is 0 Å². The van der Waals surface area contributed by atoms with Crippen LogP contribution in [0.3, 0.4) is 0 Å². The topological polar surface area (TPSA) is 53.2 Å². The van der Waals surface area contributed by atoms with E-state index in [-0.39, 0.29) is 23.3 Å². The Morgan fingerprint density at radius 2 is 1.96 bits per heavy atom. The standard InChI is InChI=1S/C15H12F5NO2S/c16-14(17)5-9-10(23-8-3-7(4-8)6-21)1-2-11(12(9)13(14)22)24-15(18,19)20/h1-2,7-8,13,22H,3-5H2. The van der Waals surface area contributed by atoms with Gasteiger partial charge in [-0.15, -0.1) is 0 Å². The maximum Gasteiger partial charge on any atom is 0.446 e. The Kier molecular flexibility index (Phi) is 4.16. The van der Waals surface area contributed by atoms with Gasteiger partial charge < -0.3 is 9.84 Å². The fourth-order valence-corrected chi connectivity index (χ4v) is 3.65. The molecule has 0 bridgehead atoms. The normalized spacial score (nSPS) is 28.0. The number of nitrogens with zero attached hydrogens (tertiary/aromatic N) is 1. The molecule has 9 heteroatoms. The van der Waals surface area contributed by atoms with Gasteiger partial charge in [-0.1, -0.05) is 0 Å². The number of nitriles is 1. The number of ether oxygens (including phenoxy) is 1. The number of rotatable bonds is 3. The molecule has 3 nitrogen and oxygen atoms in total. The fraction of sp³-hybridized carbons (Fsp3) is 0.533. The zero-order valence-corrected chi connectivity index (χ0v) is 12.9. The van der Waals surface area contributed by atoms with Gasteiger partial charge in [-0.3, -0.25) is 0 Å². The number of aliphatic hydroxyl groups excluding tert-OH is 1. The number of aliphatic hydroxyl groups is 1. The number of benzene rings is 1. The highest BCUT2D eigenvalue weighted by atomic mass is 32.2. The number of halogens is 5. The van der Waals surface area contributed by atoms with Gasteiger partial charge in [0.1, 0.15) is 18.0 Å². The van der Waals surface area contributed by atoms with Crippen LogP contribution in [0.5, 0.6) is 5.75 Å². The van der Waals surface area contributed by atoms with Crippen molar-refractivity contribution in [1.82, 2.24) is 0 Å². The molecule has 0 spiro atoms. The van der Waals surface area contributed by atoms with E-state index in [4.69, 9.17) is 10.00 Å². The van der Waals surface area contributed by atoms with Gasteiger partial charge in [0.15, 0.2) is 0 Å². The lowest BCUT2D eigenvalue weighted by atomic mass is 9.83. The van der Waals surface area contributed by atoms with Crippen LogP contribution in [-0.2, 0) is 6.42 Å². The average molecular weight is 365 g/mol. The Morgan fingerprint density at radius 3 is 2.54 bits per heavy atom. The number of hydrogen-bond donors (Lipinski definition) is 1. The smallest absolute Gasteiger partial charge is 0.446 e. The summed E-state index contributed by atoms with van der Waals surface area (Å²) in [6, 6.07) is 4.32. The first-order chi connectivity index (χ1) is 11.1. The summed E-state index contributed by atoms with van der Waals surface area (Å²) < 4.78 is 71.1. The third-order valence-corrected chi connectivity index (χ3v) is 4.96. The molecule has 0 amide bonds. The first kappa shape index (κ1) is 17.3. The highest BCUT2D eigenvalue weighted by molar-refractivity contribution is 8.00. The summed E-state index contributed by atoms with van der Waals surface area (Å²) in [4.78, 5) is -0.446. The Hall–Kier alpha value is -1.53. The molecule has 24 heavy (non-hydrogen) atoms. The van der Waals surface area contributed by atoms with Crippen molar-refractivity contribution < 1.29 is 31.8 Å². The van der Waals surface area contributed by atoms with E-state index in [1.54, 1.807) is 0 Å². The largest absolute Gasteiger partial charge is 0.490 e. The number of thioether (sulfide) groups is 1. The van der Waals surface area contributed by atoms with Gasteiger partial charge in [-0.05, 0) is 23.9 Å². The first-order valence-corrected chi connectivity index (χ1v) is 7.96. The van der Waals surface area contributed by atoms with Crippen molar-refractivity contribution in [1.29, 1.82) is 5.26 Å². The van der Waals surface area contributed by atoms with Gasteiger partial charge in [0.2, 0.25) is 0 Å². The lowest BCUT2D eigenvalue weighted by Gasteiger charge is -2.31. The molecule has 0 aliphatic heterocycles. The highest BCUT2D eigenvalue weighted by Gasteiger charge is 2.50. The van der Waals surface area contributed by atoms with E-state index < -0.39 is 46.2 Å². The van der Waals surface area contributed by atoms with Gasteiger partial charge >= 0.3 is 5.51 Å². The monoisotopic (exact) mass is 365 g/mol. The Morgan fingerprint density at radius 1 is 1.29 bits per heavy atom. The van der Waals surface area contributed by atoms with Crippen LogP contribution in [0, 0.1) is 17.2 Å². The van der Waals surface area contributed by atoms with Gasteiger partial charge in [0.05, 0.1) is 12.0 Å². The zero-order valence-electron chi connectivity index (χ0n) is 12.1. The minimum absolute atomic E-state index is 0.0501. The zero-order chi connectivity index (χ0) is 17.7. The molecule has 2 aliphatic carbocycles. The summed E-state index contributed by atoms with van der Waals surface area (Å²) in [5, 5.41) is 18.5. The molecule has 1 saturated carbocycles. The number of hydrogen-bond acceptors (Lipinski definition) is 4. The van der Waals surface area contributed by atoms with Crippen molar-refractivity contribution in [3.8, 4) is 11.8 Å². The van der Waals surface area contributed by atoms with Crippen LogP contribution >= 0.6 is 11.8 Å². The predicted molar refractivity (Wildman–Crippen MR) is 74.7 cm³/mol. The Balaban J connectivity index is 1.92. The van der Waals surface area contributed by atoms with Gasteiger partial charge in [0, 0.05) is 35.3 Å². The molecule has 130 valence electrons. The number of fused-ring (bicyclic) bond motifs is 1. The Bertz CT molecular complexity index is 694. The molecule has 3 rings (SSSR count). The third-order valence-electron chi connectivity index (χ3n) is 4.16. The second-order valence-electron chi connectivity index (χ2n) is 5.88. The maximum atomic E-state index is 13.8. The van der Waals surface area contributed by atoms with E-state index in [0.29, 0.717) is 12.8 Å². The number of alkyl halides is 5. The molecule has 0 radical (unpaired) electrons. The van der Waals surface area contributed by atoms with E-state index in [2.05, 4.69) is 6.07 Å². The summed E-state index contributed by atoms with van der Waals surface area (Å²) in [6.45, 7) is 0. The van der Waals surface area contributed by atoms with Crippen LogP contribution in [0.15, 0.2) is 17.0 Å². The minimum Gasteiger partial charge on any atom is -0.490 e. The van der Waals surface area contributed by atoms with Crippen LogP contribution in [-0.4, -0.2) is 22.6 Å². The maximum absolute atomic E-state index is 13.8. The van der Waals surface area contributed by atoms with E-state index in [0.717, 1.165) is 6.07 Å².